The van der Waals surface area contributed by atoms with Crippen molar-refractivity contribution in [1.82, 2.24) is 4.72 Å². The van der Waals surface area contributed by atoms with E-state index in [1.807, 2.05) is 0 Å². The number of anilines is 1. The molecule has 1 aliphatic heterocycles. The summed E-state index contributed by atoms with van der Waals surface area (Å²) >= 11 is 0. The number of methoxy groups -OCH3 is 1. The lowest BCUT2D eigenvalue weighted by Gasteiger charge is -2.17. The highest BCUT2D eigenvalue weighted by molar-refractivity contribution is 7.88. The molecule has 1 saturated heterocycles. The Hall–Kier alpha value is -2.45. The van der Waals surface area contributed by atoms with Crippen molar-refractivity contribution in [3.05, 3.63) is 59.9 Å². The van der Waals surface area contributed by atoms with E-state index in [1.165, 1.54) is 23.1 Å². The van der Waals surface area contributed by atoms with Gasteiger partial charge in [-0.25, -0.2) is 17.5 Å². The lowest BCUT2D eigenvalue weighted by atomic mass is 10.2. The number of carbonyl (C=O) groups excluding carboxylic acids is 1. The van der Waals surface area contributed by atoms with E-state index in [1.54, 1.807) is 37.4 Å². The molecular formula is C18H19FN2O4S. The summed E-state index contributed by atoms with van der Waals surface area (Å²) in [6.07, 6.45) is 0.349. The summed E-state index contributed by atoms with van der Waals surface area (Å²) in [5, 5.41) is 0. The number of amides is 1. The van der Waals surface area contributed by atoms with Crippen LogP contribution >= 0.6 is 0 Å². The summed E-state index contributed by atoms with van der Waals surface area (Å²) in [6, 6.07) is 11.8. The van der Waals surface area contributed by atoms with Crippen molar-refractivity contribution in [2.24, 2.45) is 0 Å². The quantitative estimate of drug-likeness (QED) is 0.835. The van der Waals surface area contributed by atoms with Crippen molar-refractivity contribution in [2.45, 2.75) is 18.2 Å². The average molecular weight is 378 g/mol. The highest BCUT2D eigenvalue weighted by Gasteiger charge is 2.35. The topological polar surface area (TPSA) is 75.7 Å². The molecule has 1 heterocycles. The van der Waals surface area contributed by atoms with Gasteiger partial charge in [0.15, 0.2) is 0 Å². The molecule has 0 radical (unpaired) electrons. The maximum absolute atomic E-state index is 13.7. The fraction of sp³-hybridized carbons (Fsp3) is 0.278. The third kappa shape index (κ3) is 4.03. The average Bonchev–Trinajstić information content (AvgIpc) is 2.97. The van der Waals surface area contributed by atoms with Gasteiger partial charge in [-0.05, 0) is 36.8 Å². The highest BCUT2D eigenvalue weighted by Crippen LogP contribution is 2.24. The molecule has 1 fully saturated rings. The summed E-state index contributed by atoms with van der Waals surface area (Å²) in [5.41, 5.74) is 0.740. The number of halogens is 1. The summed E-state index contributed by atoms with van der Waals surface area (Å²) in [7, 11) is -2.30. The zero-order valence-electron chi connectivity index (χ0n) is 14.2. The number of rotatable bonds is 6. The predicted molar refractivity (Wildman–Crippen MR) is 95.9 cm³/mol. The Labute approximate surface area is 151 Å². The lowest BCUT2D eigenvalue weighted by Crippen LogP contribution is -2.42. The van der Waals surface area contributed by atoms with Gasteiger partial charge in [0.1, 0.15) is 17.6 Å². The molecule has 0 saturated carbocycles. The van der Waals surface area contributed by atoms with E-state index in [9.17, 15) is 17.6 Å². The van der Waals surface area contributed by atoms with Gasteiger partial charge in [0, 0.05) is 17.8 Å². The molecule has 0 unspecified atom stereocenters. The van der Waals surface area contributed by atoms with E-state index >= 15 is 0 Å². The van der Waals surface area contributed by atoms with Crippen LogP contribution in [0.1, 0.15) is 12.0 Å². The second-order valence-corrected chi connectivity index (χ2v) is 7.75. The molecule has 0 bridgehead atoms. The molecule has 1 aliphatic rings. The monoisotopic (exact) mass is 378 g/mol. The van der Waals surface area contributed by atoms with Crippen LogP contribution in [0.25, 0.3) is 0 Å². The van der Waals surface area contributed by atoms with E-state index in [-0.39, 0.29) is 11.5 Å². The number of carbonyl (C=O) groups is 1. The van der Waals surface area contributed by atoms with E-state index in [2.05, 4.69) is 4.72 Å². The van der Waals surface area contributed by atoms with Crippen molar-refractivity contribution < 1.29 is 22.3 Å². The predicted octanol–water partition coefficient (Wildman–Crippen LogP) is 2.06. The number of hydrogen-bond acceptors (Lipinski definition) is 4. The van der Waals surface area contributed by atoms with E-state index < -0.39 is 27.6 Å². The van der Waals surface area contributed by atoms with Gasteiger partial charge in [0.25, 0.3) is 0 Å². The second-order valence-electron chi connectivity index (χ2n) is 6.00. The Morgan fingerprint density at radius 1 is 1.19 bits per heavy atom. The van der Waals surface area contributed by atoms with Crippen LogP contribution in [0.3, 0.4) is 0 Å². The maximum atomic E-state index is 13.7. The number of benzene rings is 2. The van der Waals surface area contributed by atoms with Crippen molar-refractivity contribution in [2.75, 3.05) is 18.6 Å². The second kappa shape index (κ2) is 7.43. The Morgan fingerprint density at radius 3 is 2.54 bits per heavy atom. The van der Waals surface area contributed by atoms with Crippen molar-refractivity contribution in [1.29, 1.82) is 0 Å². The molecular weight excluding hydrogens is 359 g/mol. The first-order valence-corrected chi connectivity index (χ1v) is 9.74. The fourth-order valence-electron chi connectivity index (χ4n) is 2.89. The molecule has 0 aromatic heterocycles. The Morgan fingerprint density at radius 2 is 1.88 bits per heavy atom. The maximum Gasteiger partial charge on any atom is 0.245 e. The molecule has 138 valence electrons. The van der Waals surface area contributed by atoms with Crippen LogP contribution in [0.4, 0.5) is 10.1 Å². The van der Waals surface area contributed by atoms with Gasteiger partial charge in [-0.3, -0.25) is 4.79 Å². The van der Waals surface area contributed by atoms with Gasteiger partial charge in [-0.1, -0.05) is 18.2 Å². The van der Waals surface area contributed by atoms with Crippen LogP contribution in [0.15, 0.2) is 48.5 Å². The largest absolute Gasteiger partial charge is 0.497 e. The van der Waals surface area contributed by atoms with Crippen molar-refractivity contribution in [3.8, 4) is 5.75 Å². The van der Waals surface area contributed by atoms with Crippen LogP contribution in [0.5, 0.6) is 5.75 Å². The van der Waals surface area contributed by atoms with Crippen molar-refractivity contribution in [3.63, 3.8) is 0 Å². The lowest BCUT2D eigenvalue weighted by molar-refractivity contribution is -0.118. The molecule has 0 spiro atoms. The van der Waals surface area contributed by atoms with Crippen molar-refractivity contribution >= 4 is 21.6 Å². The molecule has 1 N–H and O–H groups in total. The normalized spacial score (nSPS) is 17.5. The molecule has 1 atom stereocenters. The van der Waals surface area contributed by atoms with Gasteiger partial charge in [0.2, 0.25) is 15.9 Å². The summed E-state index contributed by atoms with van der Waals surface area (Å²) < 4.78 is 45.8. The molecule has 2 aromatic carbocycles. The summed E-state index contributed by atoms with van der Waals surface area (Å²) in [5.74, 6) is -0.753. The minimum atomic E-state index is -3.85. The number of hydrogen-bond donors (Lipinski definition) is 1. The van der Waals surface area contributed by atoms with E-state index in [0.29, 0.717) is 24.4 Å². The van der Waals surface area contributed by atoms with Crippen LogP contribution in [0.2, 0.25) is 0 Å². The smallest absolute Gasteiger partial charge is 0.245 e. The summed E-state index contributed by atoms with van der Waals surface area (Å²) in [4.78, 5) is 14.1. The number of nitrogens with zero attached hydrogens (tertiary/aromatic N) is 1. The molecule has 1 amide bonds. The third-order valence-electron chi connectivity index (χ3n) is 4.21. The van der Waals surface area contributed by atoms with Gasteiger partial charge >= 0.3 is 0 Å². The van der Waals surface area contributed by atoms with Gasteiger partial charge in [-0.15, -0.1) is 0 Å². The molecule has 6 nitrogen and oxygen atoms in total. The minimum absolute atomic E-state index is 0.0671. The van der Waals surface area contributed by atoms with Gasteiger partial charge in [0.05, 0.1) is 12.9 Å². The summed E-state index contributed by atoms with van der Waals surface area (Å²) in [6.45, 7) is 0.401. The van der Waals surface area contributed by atoms with Gasteiger partial charge < -0.3 is 9.64 Å². The number of nitrogens with one attached hydrogen (secondary N) is 1. The number of ether oxygens (including phenoxy) is 1. The first-order valence-electron chi connectivity index (χ1n) is 8.08. The molecule has 2 aromatic rings. The number of sulfonamides is 1. The standard InChI is InChI=1S/C18H19FN2O4S/c1-25-15-8-6-14(7-9-15)21-11-10-17(18(21)22)20-26(23,24)12-13-4-2-3-5-16(13)19/h2-9,17,20H,10-12H2,1H3/t17-/m0/s1. The molecule has 26 heavy (non-hydrogen) atoms. The molecule has 8 heteroatoms. The van der Waals surface area contributed by atoms with Gasteiger partial charge in [-0.2, -0.15) is 0 Å². The third-order valence-corrected chi connectivity index (χ3v) is 5.55. The highest BCUT2D eigenvalue weighted by atomic mass is 32.2. The van der Waals surface area contributed by atoms with Crippen LogP contribution in [0, 0.1) is 5.82 Å². The Balaban J connectivity index is 1.68. The first kappa shape index (κ1) is 18.3. The van der Waals surface area contributed by atoms with Crippen LogP contribution < -0.4 is 14.4 Å². The first-order chi connectivity index (χ1) is 12.4. The van der Waals surface area contributed by atoms with E-state index in [0.717, 1.165) is 0 Å². The van der Waals surface area contributed by atoms with E-state index in [4.69, 9.17) is 4.74 Å². The SMILES string of the molecule is COc1ccc(N2CC[C@H](NS(=O)(=O)Cc3ccccc3F)C2=O)cc1. The van der Waals surface area contributed by atoms with Crippen LogP contribution in [-0.4, -0.2) is 34.0 Å². The zero-order valence-corrected chi connectivity index (χ0v) is 15.0. The Kier molecular flexibility index (Phi) is 5.24. The zero-order chi connectivity index (χ0) is 18.7. The fourth-order valence-corrected chi connectivity index (χ4v) is 4.27. The molecule has 0 aliphatic carbocycles. The minimum Gasteiger partial charge on any atom is -0.497 e. The Bertz CT molecular complexity index is 900. The van der Waals surface area contributed by atoms with Crippen LogP contribution in [-0.2, 0) is 20.6 Å². The molecule has 3 rings (SSSR count).